The van der Waals surface area contributed by atoms with E-state index in [4.69, 9.17) is 5.26 Å². The number of hydrogen-bond acceptors (Lipinski definition) is 2. The number of hydrogen-bond donors (Lipinski definition) is 0. The summed E-state index contributed by atoms with van der Waals surface area (Å²) < 4.78 is 25.3. The van der Waals surface area contributed by atoms with Gasteiger partial charge in [0.1, 0.15) is 0 Å². The van der Waals surface area contributed by atoms with E-state index in [0.717, 1.165) is 6.07 Å². The van der Waals surface area contributed by atoms with Crippen LogP contribution in [0.25, 0.3) is 0 Å². The van der Waals surface area contributed by atoms with E-state index in [0.29, 0.717) is 12.0 Å². The van der Waals surface area contributed by atoms with Gasteiger partial charge in [-0.05, 0) is 31.0 Å². The second kappa shape index (κ2) is 4.84. The van der Waals surface area contributed by atoms with Crippen LogP contribution in [-0.4, -0.2) is 5.78 Å². The fourth-order valence-corrected chi connectivity index (χ4v) is 1.55. The molecular formula is C12H11F2NO. The van der Waals surface area contributed by atoms with Crippen LogP contribution < -0.4 is 0 Å². The Kier molecular flexibility index (Phi) is 3.73. The summed E-state index contributed by atoms with van der Waals surface area (Å²) in [6, 6.07) is 4.27. The number of halogens is 2. The molecule has 84 valence electrons. The van der Waals surface area contributed by atoms with E-state index in [1.54, 1.807) is 13.0 Å². The second-order valence-corrected chi connectivity index (χ2v) is 3.42. The first-order valence-corrected chi connectivity index (χ1v) is 4.87. The Balaban J connectivity index is 3.48. The van der Waals surface area contributed by atoms with E-state index in [1.807, 2.05) is 0 Å². The standard InChI is InChI=1S/C12H11F2NO/c1-3-8-4-10(7(2)16)9(6-15)5-11(8)12(13)14/h4-5,12H,3H2,1-2H3. The Labute approximate surface area is 92.5 Å². The number of rotatable bonds is 3. The Morgan fingerprint density at radius 2 is 2.12 bits per heavy atom. The maximum Gasteiger partial charge on any atom is 0.264 e. The van der Waals surface area contributed by atoms with E-state index in [1.165, 1.54) is 13.0 Å². The predicted octanol–water partition coefficient (Wildman–Crippen LogP) is 3.26. The van der Waals surface area contributed by atoms with Gasteiger partial charge < -0.3 is 0 Å². The molecule has 0 aliphatic heterocycles. The van der Waals surface area contributed by atoms with Gasteiger partial charge in [-0.25, -0.2) is 8.78 Å². The summed E-state index contributed by atoms with van der Waals surface area (Å²) in [4.78, 5) is 11.2. The van der Waals surface area contributed by atoms with Crippen molar-refractivity contribution in [1.29, 1.82) is 5.26 Å². The third kappa shape index (κ3) is 2.25. The van der Waals surface area contributed by atoms with Crippen LogP contribution in [0.1, 0.15) is 47.3 Å². The fraction of sp³-hybridized carbons (Fsp3) is 0.333. The van der Waals surface area contributed by atoms with Crippen molar-refractivity contribution in [2.75, 3.05) is 0 Å². The van der Waals surface area contributed by atoms with E-state index in [9.17, 15) is 13.6 Å². The van der Waals surface area contributed by atoms with Crippen molar-refractivity contribution in [1.82, 2.24) is 0 Å². The van der Waals surface area contributed by atoms with Crippen LogP contribution in [0.15, 0.2) is 12.1 Å². The van der Waals surface area contributed by atoms with Crippen LogP contribution in [-0.2, 0) is 6.42 Å². The smallest absolute Gasteiger partial charge is 0.264 e. The highest BCUT2D eigenvalue weighted by Crippen LogP contribution is 2.26. The topological polar surface area (TPSA) is 40.9 Å². The number of aryl methyl sites for hydroxylation is 1. The molecule has 0 radical (unpaired) electrons. The van der Waals surface area contributed by atoms with Crippen LogP contribution in [0.4, 0.5) is 8.78 Å². The number of ketones is 1. The quantitative estimate of drug-likeness (QED) is 0.738. The molecule has 0 unspecified atom stereocenters. The molecule has 0 saturated heterocycles. The van der Waals surface area contributed by atoms with E-state index < -0.39 is 6.43 Å². The highest BCUT2D eigenvalue weighted by Gasteiger charge is 2.17. The van der Waals surface area contributed by atoms with Gasteiger partial charge in [0, 0.05) is 11.1 Å². The molecular weight excluding hydrogens is 212 g/mol. The van der Waals surface area contributed by atoms with Gasteiger partial charge in [-0.3, -0.25) is 4.79 Å². The minimum atomic E-state index is -2.62. The highest BCUT2D eigenvalue weighted by molar-refractivity contribution is 5.96. The molecule has 16 heavy (non-hydrogen) atoms. The predicted molar refractivity (Wildman–Crippen MR) is 55.5 cm³/mol. The van der Waals surface area contributed by atoms with Crippen LogP contribution in [0.3, 0.4) is 0 Å². The lowest BCUT2D eigenvalue weighted by molar-refractivity contribution is 0.101. The normalized spacial score (nSPS) is 10.2. The number of carbonyl (C=O) groups is 1. The third-order valence-electron chi connectivity index (χ3n) is 2.40. The molecule has 1 aromatic carbocycles. The van der Waals surface area contributed by atoms with Gasteiger partial charge in [0.25, 0.3) is 6.43 Å². The number of carbonyl (C=O) groups excluding carboxylic acids is 1. The van der Waals surface area contributed by atoms with Crippen molar-refractivity contribution < 1.29 is 13.6 Å². The van der Waals surface area contributed by atoms with Crippen molar-refractivity contribution in [2.45, 2.75) is 26.7 Å². The number of alkyl halides is 2. The van der Waals surface area contributed by atoms with Crippen molar-refractivity contribution in [2.24, 2.45) is 0 Å². The summed E-state index contributed by atoms with van der Waals surface area (Å²) in [5, 5.41) is 8.79. The molecule has 2 nitrogen and oxygen atoms in total. The lowest BCUT2D eigenvalue weighted by Gasteiger charge is -2.10. The molecule has 4 heteroatoms. The molecule has 1 aromatic rings. The van der Waals surface area contributed by atoms with Crippen LogP contribution in [0.5, 0.6) is 0 Å². The monoisotopic (exact) mass is 223 g/mol. The van der Waals surface area contributed by atoms with Crippen LogP contribution >= 0.6 is 0 Å². The fourth-order valence-electron chi connectivity index (χ4n) is 1.55. The summed E-state index contributed by atoms with van der Waals surface area (Å²) in [7, 11) is 0. The van der Waals surface area contributed by atoms with Gasteiger partial charge in [-0.1, -0.05) is 6.92 Å². The van der Waals surface area contributed by atoms with Crippen LogP contribution in [0, 0.1) is 11.3 Å². The highest BCUT2D eigenvalue weighted by atomic mass is 19.3. The zero-order valence-electron chi connectivity index (χ0n) is 9.05. The summed E-state index contributed by atoms with van der Waals surface area (Å²) in [5.41, 5.74) is 0.479. The molecule has 0 aromatic heterocycles. The maximum absolute atomic E-state index is 12.7. The van der Waals surface area contributed by atoms with E-state index >= 15 is 0 Å². The Morgan fingerprint density at radius 1 is 1.50 bits per heavy atom. The Bertz CT molecular complexity index is 461. The average molecular weight is 223 g/mol. The van der Waals surface area contributed by atoms with Gasteiger partial charge in [-0.2, -0.15) is 5.26 Å². The summed E-state index contributed by atoms with van der Waals surface area (Å²) >= 11 is 0. The Hall–Kier alpha value is -1.76. The average Bonchev–Trinajstić information content (AvgIpc) is 2.26. The molecule has 0 N–H and O–H groups in total. The van der Waals surface area contributed by atoms with Crippen molar-refractivity contribution in [3.05, 3.63) is 34.4 Å². The minimum absolute atomic E-state index is 0.0139. The summed E-state index contributed by atoms with van der Waals surface area (Å²) in [6.07, 6.45) is -2.21. The van der Waals surface area contributed by atoms with E-state index in [-0.39, 0.29) is 22.5 Å². The van der Waals surface area contributed by atoms with Gasteiger partial charge in [-0.15, -0.1) is 0 Å². The van der Waals surface area contributed by atoms with Gasteiger partial charge >= 0.3 is 0 Å². The summed E-state index contributed by atoms with van der Waals surface area (Å²) in [5.74, 6) is -0.285. The van der Waals surface area contributed by atoms with E-state index in [2.05, 4.69) is 0 Å². The lowest BCUT2D eigenvalue weighted by atomic mass is 9.96. The molecule has 0 saturated carbocycles. The van der Waals surface area contributed by atoms with Crippen molar-refractivity contribution in [3.8, 4) is 6.07 Å². The first-order valence-electron chi connectivity index (χ1n) is 4.87. The molecule has 0 bridgehead atoms. The zero-order chi connectivity index (χ0) is 12.3. The van der Waals surface area contributed by atoms with Gasteiger partial charge in [0.2, 0.25) is 0 Å². The molecule has 0 heterocycles. The minimum Gasteiger partial charge on any atom is -0.294 e. The first kappa shape index (κ1) is 12.3. The SMILES string of the molecule is CCc1cc(C(C)=O)c(C#N)cc1C(F)F. The van der Waals surface area contributed by atoms with Crippen LogP contribution in [0.2, 0.25) is 0 Å². The molecule has 0 aliphatic rings. The number of nitriles is 1. The number of benzene rings is 1. The maximum atomic E-state index is 12.7. The molecule has 0 amide bonds. The second-order valence-electron chi connectivity index (χ2n) is 3.42. The zero-order valence-corrected chi connectivity index (χ0v) is 9.05. The lowest BCUT2D eigenvalue weighted by Crippen LogP contribution is -2.03. The third-order valence-corrected chi connectivity index (χ3v) is 2.40. The Morgan fingerprint density at radius 3 is 2.50 bits per heavy atom. The first-order chi connectivity index (χ1) is 7.51. The van der Waals surface area contributed by atoms with Crippen molar-refractivity contribution in [3.63, 3.8) is 0 Å². The molecule has 0 atom stereocenters. The molecule has 1 rings (SSSR count). The summed E-state index contributed by atoms with van der Waals surface area (Å²) in [6.45, 7) is 3.05. The van der Waals surface area contributed by atoms with Crippen molar-refractivity contribution >= 4 is 5.78 Å². The largest absolute Gasteiger partial charge is 0.294 e. The molecule has 0 aliphatic carbocycles. The van der Waals surface area contributed by atoms with Gasteiger partial charge in [0.15, 0.2) is 5.78 Å². The molecule has 0 spiro atoms. The van der Waals surface area contributed by atoms with Gasteiger partial charge in [0.05, 0.1) is 11.6 Å². The molecule has 0 fully saturated rings. The number of Topliss-reactive ketones (excluding diaryl/α,β-unsaturated/α-hetero) is 1. The number of nitrogens with zero attached hydrogens (tertiary/aromatic N) is 1.